The van der Waals surface area contributed by atoms with Crippen molar-refractivity contribution in [1.82, 2.24) is 10.3 Å². The van der Waals surface area contributed by atoms with Gasteiger partial charge in [0.15, 0.2) is 0 Å². The molecule has 2 aromatic rings. The molecule has 5 heteroatoms. The molecular formula is C19H19N3O2. The molecule has 122 valence electrons. The molecule has 1 atom stereocenters. The van der Waals surface area contributed by atoms with Crippen molar-refractivity contribution in [3.63, 3.8) is 0 Å². The fourth-order valence-corrected chi connectivity index (χ4v) is 3.66. The molecule has 1 unspecified atom stereocenters. The Morgan fingerprint density at radius 1 is 1.21 bits per heavy atom. The minimum Gasteiger partial charge on any atom is -0.350 e. The minimum absolute atomic E-state index is 0.0404. The molecule has 1 aromatic heterocycles. The number of nitrogens with zero attached hydrogens (tertiary/aromatic N) is 2. The van der Waals surface area contributed by atoms with E-state index in [-0.39, 0.29) is 17.7 Å². The first-order valence-corrected chi connectivity index (χ1v) is 8.38. The number of carbonyl (C=O) groups excluding carboxylic acids is 2. The molecule has 5 nitrogen and oxygen atoms in total. The quantitative estimate of drug-likeness (QED) is 0.876. The molecule has 2 amide bonds. The van der Waals surface area contributed by atoms with Crippen LogP contribution < -0.4 is 10.2 Å². The maximum atomic E-state index is 13.3. The summed E-state index contributed by atoms with van der Waals surface area (Å²) in [6.45, 7) is 0.946. The number of para-hydroxylation sites is 1. The summed E-state index contributed by atoms with van der Waals surface area (Å²) in [5.74, 6) is -0.308. The Kier molecular flexibility index (Phi) is 3.76. The van der Waals surface area contributed by atoms with Gasteiger partial charge in [0.05, 0.1) is 22.9 Å². The summed E-state index contributed by atoms with van der Waals surface area (Å²) in [5.41, 5.74) is 3.31. The topological polar surface area (TPSA) is 62.3 Å². The van der Waals surface area contributed by atoms with Gasteiger partial charge in [-0.25, -0.2) is 0 Å². The normalized spacial score (nSPS) is 19.8. The van der Waals surface area contributed by atoms with Gasteiger partial charge in [-0.05, 0) is 43.0 Å². The lowest BCUT2D eigenvalue weighted by atomic mass is 9.85. The number of amides is 2. The van der Waals surface area contributed by atoms with Crippen LogP contribution >= 0.6 is 0 Å². The molecule has 0 radical (unpaired) electrons. The van der Waals surface area contributed by atoms with E-state index in [0.717, 1.165) is 25.0 Å². The van der Waals surface area contributed by atoms with Crippen LogP contribution in [0.15, 0.2) is 42.6 Å². The maximum Gasteiger partial charge on any atom is 0.253 e. The number of carbonyl (C=O) groups is 2. The summed E-state index contributed by atoms with van der Waals surface area (Å²) in [4.78, 5) is 31.7. The van der Waals surface area contributed by atoms with Gasteiger partial charge < -0.3 is 10.2 Å². The van der Waals surface area contributed by atoms with E-state index in [4.69, 9.17) is 0 Å². The van der Waals surface area contributed by atoms with Gasteiger partial charge in [0.2, 0.25) is 5.91 Å². The van der Waals surface area contributed by atoms with Crippen molar-refractivity contribution in [2.24, 2.45) is 0 Å². The Hall–Kier alpha value is -2.69. The first kappa shape index (κ1) is 14.9. The Morgan fingerprint density at radius 3 is 3.00 bits per heavy atom. The van der Waals surface area contributed by atoms with Crippen LogP contribution in [0.4, 0.5) is 5.69 Å². The summed E-state index contributed by atoms with van der Waals surface area (Å²) in [6, 6.07) is 11.3. The van der Waals surface area contributed by atoms with Gasteiger partial charge in [-0.2, -0.15) is 0 Å². The summed E-state index contributed by atoms with van der Waals surface area (Å²) in [7, 11) is 0. The zero-order valence-electron chi connectivity index (χ0n) is 13.4. The second-order valence-corrected chi connectivity index (χ2v) is 6.26. The highest BCUT2D eigenvalue weighted by atomic mass is 16.2. The van der Waals surface area contributed by atoms with Crippen LogP contribution in [0.5, 0.6) is 0 Å². The predicted octanol–water partition coefficient (Wildman–Crippen LogP) is 2.28. The van der Waals surface area contributed by atoms with Crippen molar-refractivity contribution in [2.75, 3.05) is 18.0 Å². The fourth-order valence-electron chi connectivity index (χ4n) is 3.66. The number of aryl methyl sites for hydroxylation is 1. The molecule has 4 rings (SSSR count). The van der Waals surface area contributed by atoms with E-state index in [0.29, 0.717) is 24.3 Å². The predicted molar refractivity (Wildman–Crippen MR) is 91.0 cm³/mol. The third kappa shape index (κ3) is 2.46. The molecule has 0 spiro atoms. The first-order valence-electron chi connectivity index (χ1n) is 8.38. The van der Waals surface area contributed by atoms with Crippen molar-refractivity contribution < 1.29 is 9.59 Å². The number of pyridine rings is 1. The SMILES string of the molecule is O=C1NCCN(C(=O)C2CCCc3cccnc32)c2ccccc21. The Morgan fingerprint density at radius 2 is 2.08 bits per heavy atom. The zero-order valence-corrected chi connectivity index (χ0v) is 13.4. The molecular weight excluding hydrogens is 302 g/mol. The molecule has 0 saturated heterocycles. The van der Waals surface area contributed by atoms with Crippen LogP contribution in [0.3, 0.4) is 0 Å². The Labute approximate surface area is 140 Å². The van der Waals surface area contributed by atoms with Crippen LogP contribution in [0, 0.1) is 0 Å². The minimum atomic E-state index is -0.226. The van der Waals surface area contributed by atoms with Crippen LogP contribution in [-0.2, 0) is 11.2 Å². The molecule has 1 aliphatic carbocycles. The summed E-state index contributed by atoms with van der Waals surface area (Å²) in [5, 5.41) is 2.86. The zero-order chi connectivity index (χ0) is 16.5. The Balaban J connectivity index is 1.73. The largest absolute Gasteiger partial charge is 0.350 e. The average Bonchev–Trinajstić information content (AvgIpc) is 2.80. The van der Waals surface area contributed by atoms with E-state index < -0.39 is 0 Å². The lowest BCUT2D eigenvalue weighted by molar-refractivity contribution is -0.120. The molecule has 1 aliphatic heterocycles. The Bertz CT molecular complexity index is 803. The molecule has 0 saturated carbocycles. The van der Waals surface area contributed by atoms with Crippen LogP contribution in [0.25, 0.3) is 0 Å². The van der Waals surface area contributed by atoms with Gasteiger partial charge in [-0.1, -0.05) is 18.2 Å². The van der Waals surface area contributed by atoms with Gasteiger partial charge in [-0.3, -0.25) is 14.6 Å². The number of fused-ring (bicyclic) bond motifs is 2. The van der Waals surface area contributed by atoms with Gasteiger partial charge in [0.1, 0.15) is 0 Å². The fraction of sp³-hybridized carbons (Fsp3) is 0.316. The second-order valence-electron chi connectivity index (χ2n) is 6.26. The van der Waals surface area contributed by atoms with Crippen molar-refractivity contribution >= 4 is 17.5 Å². The van der Waals surface area contributed by atoms with E-state index in [1.54, 1.807) is 17.2 Å². The highest BCUT2D eigenvalue weighted by molar-refractivity contribution is 6.07. The van der Waals surface area contributed by atoms with E-state index in [2.05, 4.69) is 16.4 Å². The summed E-state index contributed by atoms with van der Waals surface area (Å²) >= 11 is 0. The number of hydrogen-bond acceptors (Lipinski definition) is 3. The van der Waals surface area contributed by atoms with Gasteiger partial charge >= 0.3 is 0 Å². The molecule has 0 bridgehead atoms. The van der Waals surface area contributed by atoms with Gasteiger partial charge in [-0.15, -0.1) is 0 Å². The molecule has 1 aromatic carbocycles. The number of benzene rings is 1. The lowest BCUT2D eigenvalue weighted by Crippen LogP contribution is -2.39. The van der Waals surface area contributed by atoms with Gasteiger partial charge in [0, 0.05) is 19.3 Å². The highest BCUT2D eigenvalue weighted by Gasteiger charge is 2.33. The van der Waals surface area contributed by atoms with Crippen molar-refractivity contribution in [3.8, 4) is 0 Å². The number of anilines is 1. The van der Waals surface area contributed by atoms with E-state index in [1.807, 2.05) is 24.3 Å². The third-order valence-corrected chi connectivity index (χ3v) is 4.82. The van der Waals surface area contributed by atoms with Gasteiger partial charge in [0.25, 0.3) is 5.91 Å². The average molecular weight is 321 g/mol. The first-order chi connectivity index (χ1) is 11.8. The second kappa shape index (κ2) is 6.07. The number of rotatable bonds is 1. The number of nitrogens with one attached hydrogen (secondary N) is 1. The van der Waals surface area contributed by atoms with Crippen LogP contribution in [-0.4, -0.2) is 29.9 Å². The van der Waals surface area contributed by atoms with E-state index in [9.17, 15) is 9.59 Å². The van der Waals surface area contributed by atoms with E-state index in [1.165, 1.54) is 5.56 Å². The molecule has 2 heterocycles. The molecule has 1 N–H and O–H groups in total. The number of aromatic nitrogens is 1. The van der Waals surface area contributed by atoms with Crippen LogP contribution in [0.1, 0.15) is 40.4 Å². The maximum absolute atomic E-state index is 13.3. The van der Waals surface area contributed by atoms with Crippen molar-refractivity contribution in [1.29, 1.82) is 0 Å². The molecule has 0 fully saturated rings. The number of hydrogen-bond donors (Lipinski definition) is 1. The lowest BCUT2D eigenvalue weighted by Gasteiger charge is -2.30. The third-order valence-electron chi connectivity index (χ3n) is 4.82. The molecule has 2 aliphatic rings. The van der Waals surface area contributed by atoms with Crippen LogP contribution in [0.2, 0.25) is 0 Å². The standard InChI is InChI=1S/C19H19N3O2/c23-18-14-7-1-2-9-16(14)22(12-11-21-18)19(24)15-8-3-5-13-6-4-10-20-17(13)15/h1-2,4,6-7,9-10,15H,3,5,8,11-12H2,(H,21,23). The van der Waals surface area contributed by atoms with Crippen molar-refractivity contribution in [2.45, 2.75) is 25.2 Å². The smallest absolute Gasteiger partial charge is 0.253 e. The van der Waals surface area contributed by atoms with Crippen molar-refractivity contribution in [3.05, 3.63) is 59.4 Å². The highest BCUT2D eigenvalue weighted by Crippen LogP contribution is 2.33. The van der Waals surface area contributed by atoms with E-state index >= 15 is 0 Å². The molecule has 24 heavy (non-hydrogen) atoms. The summed E-state index contributed by atoms with van der Waals surface area (Å²) in [6.07, 6.45) is 4.53. The summed E-state index contributed by atoms with van der Waals surface area (Å²) < 4.78 is 0. The monoisotopic (exact) mass is 321 g/mol.